The molecule has 1 atom stereocenters. The lowest BCUT2D eigenvalue weighted by atomic mass is 9.91. The Morgan fingerprint density at radius 2 is 1.59 bits per heavy atom. The van der Waals surface area contributed by atoms with Crippen molar-refractivity contribution in [2.75, 3.05) is 39.6 Å². The summed E-state index contributed by atoms with van der Waals surface area (Å²) in [6, 6.07) is 8.68. The van der Waals surface area contributed by atoms with Crippen molar-refractivity contribution in [3.8, 4) is 0 Å². The van der Waals surface area contributed by atoms with Crippen LogP contribution in [0.25, 0.3) is 0 Å². The van der Waals surface area contributed by atoms with E-state index >= 15 is 0 Å². The van der Waals surface area contributed by atoms with E-state index in [0.29, 0.717) is 6.54 Å². The topological polar surface area (TPSA) is 32.5 Å². The number of likely N-dealkylation sites (N-methyl/N-ethyl adjacent to an activating group) is 1. The van der Waals surface area contributed by atoms with Gasteiger partial charge in [-0.1, -0.05) is 12.1 Å². The van der Waals surface area contributed by atoms with Crippen molar-refractivity contribution in [1.82, 2.24) is 4.90 Å². The zero-order valence-electron chi connectivity index (χ0n) is 11.7. The fourth-order valence-corrected chi connectivity index (χ4v) is 1.76. The fourth-order valence-electron chi connectivity index (χ4n) is 1.76. The molecule has 0 saturated carbocycles. The van der Waals surface area contributed by atoms with Gasteiger partial charge in [0.1, 0.15) is 0 Å². The molecule has 0 aliphatic heterocycles. The van der Waals surface area contributed by atoms with Gasteiger partial charge in [0.2, 0.25) is 0 Å². The predicted octanol–water partition coefficient (Wildman–Crippen LogP) is 1.57. The van der Waals surface area contributed by atoms with Crippen molar-refractivity contribution in [3.63, 3.8) is 0 Å². The van der Waals surface area contributed by atoms with Crippen molar-refractivity contribution in [2.24, 2.45) is 5.73 Å². The fraction of sp³-hybridized carbons (Fsp3) is 0.571. The van der Waals surface area contributed by atoms with Crippen LogP contribution in [0.3, 0.4) is 0 Å². The van der Waals surface area contributed by atoms with Crippen LogP contribution in [0.4, 0.5) is 5.69 Å². The minimum atomic E-state index is 0.0274. The number of anilines is 1. The molecule has 17 heavy (non-hydrogen) atoms. The summed E-state index contributed by atoms with van der Waals surface area (Å²) in [4.78, 5) is 4.31. The smallest absolute Gasteiger partial charge is 0.0361 e. The maximum atomic E-state index is 5.88. The lowest BCUT2D eigenvalue weighted by Crippen LogP contribution is -2.49. The highest BCUT2D eigenvalue weighted by atomic mass is 15.1. The predicted molar refractivity (Wildman–Crippen MR) is 75.6 cm³/mol. The molecule has 0 heterocycles. The average molecular weight is 235 g/mol. The first kappa shape index (κ1) is 14.0. The molecule has 96 valence electrons. The van der Waals surface area contributed by atoms with Crippen LogP contribution in [0.5, 0.6) is 0 Å². The molecular weight excluding hydrogens is 210 g/mol. The zero-order chi connectivity index (χ0) is 13.1. The summed E-state index contributed by atoms with van der Waals surface area (Å²) >= 11 is 0. The molecule has 1 unspecified atom stereocenters. The van der Waals surface area contributed by atoms with Crippen LogP contribution < -0.4 is 10.6 Å². The molecule has 0 radical (unpaired) electrons. The van der Waals surface area contributed by atoms with Gasteiger partial charge in [0.25, 0.3) is 0 Å². The monoisotopic (exact) mass is 235 g/mol. The van der Waals surface area contributed by atoms with Crippen molar-refractivity contribution < 1.29 is 0 Å². The summed E-state index contributed by atoms with van der Waals surface area (Å²) in [7, 11) is 8.28. The lowest BCUT2D eigenvalue weighted by Gasteiger charge is -2.35. The Labute approximate surface area is 105 Å². The van der Waals surface area contributed by atoms with Crippen LogP contribution in [0.2, 0.25) is 0 Å². The summed E-state index contributed by atoms with van der Waals surface area (Å²) in [6.45, 7) is 2.86. The van der Waals surface area contributed by atoms with Gasteiger partial charge in [0.15, 0.2) is 0 Å². The number of hydrogen-bond donors (Lipinski definition) is 1. The number of rotatable bonds is 5. The van der Waals surface area contributed by atoms with Gasteiger partial charge in [-0.15, -0.1) is 0 Å². The minimum absolute atomic E-state index is 0.0274. The molecule has 0 fully saturated rings. The third-order valence-corrected chi connectivity index (χ3v) is 3.56. The quantitative estimate of drug-likeness (QED) is 0.841. The molecule has 0 spiro atoms. The largest absolute Gasteiger partial charge is 0.378 e. The molecule has 0 aliphatic rings. The van der Waals surface area contributed by atoms with E-state index in [1.165, 1.54) is 11.3 Å². The van der Waals surface area contributed by atoms with Crippen molar-refractivity contribution in [1.29, 1.82) is 0 Å². The molecule has 1 aromatic rings. The third kappa shape index (κ3) is 3.45. The van der Waals surface area contributed by atoms with Gasteiger partial charge in [-0.05, 0) is 45.1 Å². The third-order valence-electron chi connectivity index (χ3n) is 3.56. The molecule has 3 nitrogen and oxygen atoms in total. The molecule has 0 aromatic heterocycles. The van der Waals surface area contributed by atoms with E-state index < -0.39 is 0 Å². The molecular formula is C14H25N3. The molecule has 3 heteroatoms. The van der Waals surface area contributed by atoms with Gasteiger partial charge in [0, 0.05) is 31.9 Å². The van der Waals surface area contributed by atoms with Gasteiger partial charge in [-0.3, -0.25) is 0 Å². The first-order valence-corrected chi connectivity index (χ1v) is 6.03. The SMILES string of the molecule is CN(C)c1ccc(CC(C)(CN)N(C)C)cc1. The van der Waals surface area contributed by atoms with Gasteiger partial charge >= 0.3 is 0 Å². The number of hydrogen-bond acceptors (Lipinski definition) is 3. The Morgan fingerprint density at radius 3 is 1.94 bits per heavy atom. The first-order valence-electron chi connectivity index (χ1n) is 6.03. The van der Waals surface area contributed by atoms with Gasteiger partial charge in [0.05, 0.1) is 0 Å². The molecule has 0 bridgehead atoms. The van der Waals surface area contributed by atoms with E-state index in [4.69, 9.17) is 5.73 Å². The van der Waals surface area contributed by atoms with Crippen molar-refractivity contribution in [2.45, 2.75) is 18.9 Å². The second-order valence-electron chi connectivity index (χ2n) is 5.33. The maximum absolute atomic E-state index is 5.88. The van der Waals surface area contributed by atoms with Crippen LogP contribution in [0.1, 0.15) is 12.5 Å². The van der Waals surface area contributed by atoms with Crippen LogP contribution in [0, 0.1) is 0 Å². The van der Waals surface area contributed by atoms with E-state index in [-0.39, 0.29) is 5.54 Å². The summed E-state index contributed by atoms with van der Waals surface area (Å²) in [5.41, 5.74) is 8.47. The Morgan fingerprint density at radius 1 is 1.06 bits per heavy atom. The Balaban J connectivity index is 2.81. The van der Waals surface area contributed by atoms with E-state index in [9.17, 15) is 0 Å². The number of nitrogens with two attached hydrogens (primary N) is 1. The lowest BCUT2D eigenvalue weighted by molar-refractivity contribution is 0.181. The molecule has 0 saturated heterocycles. The van der Waals surface area contributed by atoms with Gasteiger partial charge in [-0.25, -0.2) is 0 Å². The summed E-state index contributed by atoms with van der Waals surface area (Å²) in [5, 5.41) is 0. The normalized spacial score (nSPS) is 14.8. The van der Waals surface area contributed by atoms with E-state index in [0.717, 1.165) is 6.42 Å². The molecule has 0 amide bonds. The van der Waals surface area contributed by atoms with Crippen LogP contribution in [-0.2, 0) is 6.42 Å². The van der Waals surface area contributed by atoms with Crippen molar-refractivity contribution >= 4 is 5.69 Å². The number of nitrogens with zero attached hydrogens (tertiary/aromatic N) is 2. The van der Waals surface area contributed by atoms with Crippen LogP contribution in [-0.4, -0.2) is 45.2 Å². The summed E-state index contributed by atoms with van der Waals surface area (Å²) in [5.74, 6) is 0. The van der Waals surface area contributed by atoms with Crippen LogP contribution >= 0.6 is 0 Å². The minimum Gasteiger partial charge on any atom is -0.378 e. The second kappa shape index (κ2) is 5.52. The Hall–Kier alpha value is -1.06. The van der Waals surface area contributed by atoms with E-state index in [2.05, 4.69) is 69.2 Å². The number of benzene rings is 1. The highest BCUT2D eigenvalue weighted by Crippen LogP contribution is 2.19. The van der Waals surface area contributed by atoms with Crippen molar-refractivity contribution in [3.05, 3.63) is 29.8 Å². The van der Waals surface area contributed by atoms with Gasteiger partial charge < -0.3 is 15.5 Å². The first-order chi connectivity index (χ1) is 7.89. The molecule has 1 aromatic carbocycles. The van der Waals surface area contributed by atoms with E-state index in [1.807, 2.05) is 0 Å². The van der Waals surface area contributed by atoms with Crippen LogP contribution in [0.15, 0.2) is 24.3 Å². The molecule has 1 rings (SSSR count). The average Bonchev–Trinajstić information content (AvgIpc) is 2.29. The highest BCUT2D eigenvalue weighted by Gasteiger charge is 2.25. The maximum Gasteiger partial charge on any atom is 0.0361 e. The molecule has 0 aliphatic carbocycles. The second-order valence-corrected chi connectivity index (χ2v) is 5.33. The summed E-state index contributed by atoms with van der Waals surface area (Å²) < 4.78 is 0. The van der Waals surface area contributed by atoms with E-state index in [1.54, 1.807) is 0 Å². The summed E-state index contributed by atoms with van der Waals surface area (Å²) in [6.07, 6.45) is 0.976. The zero-order valence-corrected chi connectivity index (χ0v) is 11.7. The Kier molecular flexibility index (Phi) is 4.54. The standard InChI is InChI=1S/C14H25N3/c1-14(11-15,17(4)5)10-12-6-8-13(9-7-12)16(2)3/h6-9H,10-11,15H2,1-5H3. The Bertz CT molecular complexity index is 343. The van der Waals surface area contributed by atoms with Gasteiger partial charge in [-0.2, -0.15) is 0 Å². The highest BCUT2D eigenvalue weighted by molar-refractivity contribution is 5.46. The molecule has 2 N–H and O–H groups in total.